The van der Waals surface area contributed by atoms with E-state index in [9.17, 15) is 9.59 Å². The summed E-state index contributed by atoms with van der Waals surface area (Å²) in [5.74, 6) is -1.11. The van der Waals surface area contributed by atoms with Gasteiger partial charge in [0.2, 0.25) is 5.91 Å². The number of carbonyl (C=O) groups excluding carboxylic acids is 1. The van der Waals surface area contributed by atoms with Crippen LogP contribution in [0.25, 0.3) is 0 Å². The van der Waals surface area contributed by atoms with Crippen LogP contribution in [-0.2, 0) is 11.3 Å². The lowest BCUT2D eigenvalue weighted by Gasteiger charge is -2.13. The lowest BCUT2D eigenvalue weighted by molar-refractivity contribution is -0.122. The third-order valence-corrected chi connectivity index (χ3v) is 4.56. The van der Waals surface area contributed by atoms with Crippen LogP contribution in [0.1, 0.15) is 51.1 Å². The number of aromatic carboxylic acids is 1. The van der Waals surface area contributed by atoms with Crippen molar-refractivity contribution in [3.63, 3.8) is 0 Å². The third kappa shape index (κ3) is 4.16. The van der Waals surface area contributed by atoms with E-state index in [0.29, 0.717) is 17.1 Å². The van der Waals surface area contributed by atoms with Gasteiger partial charge in [-0.25, -0.2) is 9.78 Å². The van der Waals surface area contributed by atoms with E-state index < -0.39 is 5.97 Å². The second kappa shape index (κ2) is 6.91. The minimum Gasteiger partial charge on any atom is -0.477 e. The molecule has 0 aromatic carbocycles. The molecule has 0 aliphatic heterocycles. The number of amides is 1. The summed E-state index contributed by atoms with van der Waals surface area (Å²) in [5.41, 5.74) is 2.42. The molecule has 23 heavy (non-hydrogen) atoms. The Kier molecular flexibility index (Phi) is 5.15. The van der Waals surface area contributed by atoms with Crippen molar-refractivity contribution >= 4 is 23.2 Å². The molecule has 2 rings (SSSR count). The molecule has 0 bridgehead atoms. The van der Waals surface area contributed by atoms with Crippen LogP contribution in [0.5, 0.6) is 0 Å². The van der Waals surface area contributed by atoms with Crippen LogP contribution in [0, 0.1) is 20.8 Å². The minimum absolute atomic E-state index is 0.0451. The number of thiazole rings is 1. The third-order valence-electron chi connectivity index (χ3n) is 3.41. The molecule has 2 aromatic rings. The van der Waals surface area contributed by atoms with Gasteiger partial charge in [0.05, 0.1) is 24.0 Å². The number of carboxylic acids is 1. The first-order valence-electron chi connectivity index (χ1n) is 7.27. The molecular weight excluding hydrogens is 316 g/mol. The van der Waals surface area contributed by atoms with Crippen LogP contribution in [0.2, 0.25) is 0 Å². The molecule has 0 radical (unpaired) electrons. The first-order chi connectivity index (χ1) is 10.8. The van der Waals surface area contributed by atoms with Crippen molar-refractivity contribution in [3.05, 3.63) is 33.0 Å². The zero-order valence-corrected chi connectivity index (χ0v) is 14.4. The summed E-state index contributed by atoms with van der Waals surface area (Å²) >= 11 is 1.09. The van der Waals surface area contributed by atoms with E-state index in [1.54, 1.807) is 6.92 Å². The van der Waals surface area contributed by atoms with Crippen molar-refractivity contribution in [2.45, 2.75) is 46.7 Å². The molecule has 0 spiro atoms. The normalized spacial score (nSPS) is 12.2. The van der Waals surface area contributed by atoms with Gasteiger partial charge in [-0.05, 0) is 33.8 Å². The molecule has 0 saturated heterocycles. The number of carbonyl (C=O) groups is 2. The maximum Gasteiger partial charge on any atom is 0.347 e. The van der Waals surface area contributed by atoms with Gasteiger partial charge in [-0.1, -0.05) is 0 Å². The van der Waals surface area contributed by atoms with E-state index in [0.717, 1.165) is 22.7 Å². The Morgan fingerprint density at radius 1 is 1.39 bits per heavy atom. The van der Waals surface area contributed by atoms with Crippen molar-refractivity contribution < 1.29 is 14.7 Å². The molecule has 2 heterocycles. The van der Waals surface area contributed by atoms with Crippen LogP contribution < -0.4 is 5.32 Å². The smallest absolute Gasteiger partial charge is 0.347 e. The summed E-state index contributed by atoms with van der Waals surface area (Å²) in [4.78, 5) is 27.4. The van der Waals surface area contributed by atoms with E-state index in [2.05, 4.69) is 15.4 Å². The van der Waals surface area contributed by atoms with Crippen LogP contribution in [0.4, 0.5) is 0 Å². The summed E-state index contributed by atoms with van der Waals surface area (Å²) in [6, 6.07) is 1.93. The average Bonchev–Trinajstić information content (AvgIpc) is 2.99. The Balaban J connectivity index is 1.91. The fraction of sp³-hybridized carbons (Fsp3) is 0.467. The highest BCUT2D eigenvalue weighted by Gasteiger charge is 2.16. The SMILES string of the molecule is Cc1cc(C)n(C(C)CC(=O)NCc2nc(C)c(C(=O)O)s2)n1. The molecule has 124 valence electrons. The molecule has 2 aromatic heterocycles. The van der Waals surface area contributed by atoms with E-state index in [4.69, 9.17) is 5.11 Å². The van der Waals surface area contributed by atoms with Crippen LogP contribution >= 0.6 is 11.3 Å². The molecule has 1 atom stereocenters. The van der Waals surface area contributed by atoms with E-state index in [-0.39, 0.29) is 23.4 Å². The summed E-state index contributed by atoms with van der Waals surface area (Å²) in [5, 5.41) is 16.7. The van der Waals surface area contributed by atoms with Crippen molar-refractivity contribution in [1.29, 1.82) is 0 Å². The zero-order chi connectivity index (χ0) is 17.1. The highest BCUT2D eigenvalue weighted by atomic mass is 32.1. The number of rotatable bonds is 6. The van der Waals surface area contributed by atoms with Gasteiger partial charge in [-0.3, -0.25) is 9.48 Å². The summed E-state index contributed by atoms with van der Waals surface area (Å²) in [6.07, 6.45) is 0.304. The number of nitrogens with one attached hydrogen (secondary N) is 1. The maximum absolute atomic E-state index is 12.1. The summed E-state index contributed by atoms with van der Waals surface area (Å²) < 4.78 is 1.84. The van der Waals surface area contributed by atoms with Gasteiger partial charge in [-0.15, -0.1) is 11.3 Å². The average molecular weight is 336 g/mol. The second-order valence-electron chi connectivity index (χ2n) is 5.53. The Morgan fingerprint density at radius 3 is 2.61 bits per heavy atom. The lowest BCUT2D eigenvalue weighted by atomic mass is 10.2. The number of carboxylic acid groups (broad SMARTS) is 1. The van der Waals surface area contributed by atoms with Crippen molar-refractivity contribution in [1.82, 2.24) is 20.1 Å². The largest absolute Gasteiger partial charge is 0.477 e. The molecule has 0 saturated carbocycles. The lowest BCUT2D eigenvalue weighted by Crippen LogP contribution is -2.26. The molecule has 0 fully saturated rings. The van der Waals surface area contributed by atoms with E-state index in [1.807, 2.05) is 31.5 Å². The predicted molar refractivity (Wildman–Crippen MR) is 86.7 cm³/mol. The van der Waals surface area contributed by atoms with Crippen LogP contribution in [-0.4, -0.2) is 31.7 Å². The molecular formula is C15H20N4O3S. The summed E-state index contributed by atoms with van der Waals surface area (Å²) in [6.45, 7) is 7.70. The van der Waals surface area contributed by atoms with Gasteiger partial charge >= 0.3 is 5.97 Å². The number of hydrogen-bond donors (Lipinski definition) is 2. The topological polar surface area (TPSA) is 97.1 Å². The fourth-order valence-corrected chi connectivity index (χ4v) is 3.26. The molecule has 0 aliphatic rings. The van der Waals surface area contributed by atoms with E-state index >= 15 is 0 Å². The van der Waals surface area contributed by atoms with Crippen molar-refractivity contribution in [2.75, 3.05) is 0 Å². The Morgan fingerprint density at radius 2 is 2.09 bits per heavy atom. The monoisotopic (exact) mass is 336 g/mol. The second-order valence-corrected chi connectivity index (χ2v) is 6.61. The first-order valence-corrected chi connectivity index (χ1v) is 8.08. The Labute approximate surface area is 138 Å². The quantitative estimate of drug-likeness (QED) is 0.843. The van der Waals surface area contributed by atoms with Crippen molar-refractivity contribution in [2.24, 2.45) is 0 Å². The molecule has 8 heteroatoms. The highest BCUT2D eigenvalue weighted by Crippen LogP contribution is 2.18. The molecule has 0 aliphatic carbocycles. The van der Waals surface area contributed by atoms with Gasteiger partial charge in [0, 0.05) is 12.1 Å². The number of nitrogens with zero attached hydrogens (tertiary/aromatic N) is 3. The minimum atomic E-state index is -0.990. The van der Waals surface area contributed by atoms with Crippen LogP contribution in [0.15, 0.2) is 6.07 Å². The standard InChI is InChI=1S/C15H20N4O3S/c1-8-5-9(2)19(18-8)10(3)6-12(20)16-7-13-17-11(4)14(23-13)15(21)22/h5,10H,6-7H2,1-4H3,(H,16,20)(H,21,22). The van der Waals surface area contributed by atoms with Crippen LogP contribution in [0.3, 0.4) is 0 Å². The van der Waals surface area contributed by atoms with Gasteiger partial charge in [0.25, 0.3) is 0 Å². The fourth-order valence-electron chi connectivity index (χ4n) is 2.42. The molecule has 7 nitrogen and oxygen atoms in total. The first kappa shape index (κ1) is 17.1. The van der Waals surface area contributed by atoms with Gasteiger partial charge in [0.1, 0.15) is 9.88 Å². The van der Waals surface area contributed by atoms with Gasteiger partial charge < -0.3 is 10.4 Å². The molecule has 1 amide bonds. The molecule has 1 unspecified atom stereocenters. The highest BCUT2D eigenvalue weighted by molar-refractivity contribution is 7.13. The maximum atomic E-state index is 12.1. The van der Waals surface area contributed by atoms with Crippen molar-refractivity contribution in [3.8, 4) is 0 Å². The van der Waals surface area contributed by atoms with E-state index in [1.165, 1.54) is 0 Å². The molecule has 2 N–H and O–H groups in total. The number of aryl methyl sites for hydroxylation is 3. The number of aromatic nitrogens is 3. The summed E-state index contributed by atoms with van der Waals surface area (Å²) in [7, 11) is 0. The predicted octanol–water partition coefficient (Wildman–Crippen LogP) is 2.23. The number of hydrogen-bond acceptors (Lipinski definition) is 5. The zero-order valence-electron chi connectivity index (χ0n) is 13.6. The van der Waals surface area contributed by atoms with Gasteiger partial charge in [-0.2, -0.15) is 5.10 Å². The Bertz CT molecular complexity index is 735. The Hall–Kier alpha value is -2.22. The van der Waals surface area contributed by atoms with Gasteiger partial charge in [0.15, 0.2) is 0 Å².